The molecule has 1 aromatic rings. The van der Waals surface area contributed by atoms with Gasteiger partial charge < -0.3 is 9.84 Å². The van der Waals surface area contributed by atoms with Gasteiger partial charge in [0.05, 0.1) is 25.0 Å². The average molecular weight is 254 g/mol. The van der Waals surface area contributed by atoms with Crippen LogP contribution in [0, 0.1) is 0 Å². The van der Waals surface area contributed by atoms with Crippen molar-refractivity contribution in [1.29, 1.82) is 0 Å². The molecule has 1 N–H and O–H groups in total. The molecule has 0 aliphatic carbocycles. The van der Waals surface area contributed by atoms with Crippen molar-refractivity contribution < 1.29 is 9.84 Å². The Balaban J connectivity index is 1.99. The standard InChI is InChI=1S/C12H22N4O2/c1-12(2,16-4-6-18-7-5-16)11(17)8-10-9-15(3)14-13-10/h9,11,17H,4-8H2,1-3H3. The first kappa shape index (κ1) is 13.5. The van der Waals surface area contributed by atoms with Crippen LogP contribution >= 0.6 is 0 Å². The number of nitrogens with zero attached hydrogens (tertiary/aromatic N) is 4. The van der Waals surface area contributed by atoms with E-state index in [-0.39, 0.29) is 5.54 Å². The van der Waals surface area contributed by atoms with Crippen LogP contribution < -0.4 is 0 Å². The molecule has 1 aliphatic rings. The Hall–Kier alpha value is -0.980. The zero-order valence-corrected chi connectivity index (χ0v) is 11.3. The SMILES string of the molecule is Cn1cc(CC(O)C(C)(C)N2CCOCC2)nn1. The second-order valence-corrected chi connectivity index (χ2v) is 5.36. The minimum Gasteiger partial charge on any atom is -0.391 e. The van der Waals surface area contributed by atoms with E-state index in [1.807, 2.05) is 13.2 Å². The van der Waals surface area contributed by atoms with Gasteiger partial charge in [-0.3, -0.25) is 9.58 Å². The van der Waals surface area contributed by atoms with E-state index < -0.39 is 6.10 Å². The van der Waals surface area contributed by atoms with Crippen molar-refractivity contribution in [3.63, 3.8) is 0 Å². The Bertz CT molecular complexity index is 385. The maximum Gasteiger partial charge on any atom is 0.0853 e. The molecule has 0 bridgehead atoms. The Morgan fingerprint density at radius 3 is 2.67 bits per heavy atom. The summed E-state index contributed by atoms with van der Waals surface area (Å²) in [4.78, 5) is 2.28. The second-order valence-electron chi connectivity index (χ2n) is 5.36. The second kappa shape index (κ2) is 5.34. The van der Waals surface area contributed by atoms with Crippen LogP contribution in [0.4, 0.5) is 0 Å². The maximum atomic E-state index is 10.4. The van der Waals surface area contributed by atoms with E-state index in [1.165, 1.54) is 0 Å². The molecule has 0 amide bonds. The number of aromatic nitrogens is 3. The molecule has 2 rings (SSSR count). The van der Waals surface area contributed by atoms with Crippen molar-refractivity contribution in [2.45, 2.75) is 31.9 Å². The molecular formula is C12H22N4O2. The van der Waals surface area contributed by atoms with E-state index in [2.05, 4.69) is 29.1 Å². The van der Waals surface area contributed by atoms with Crippen LogP contribution in [-0.4, -0.2) is 62.9 Å². The molecule has 6 heteroatoms. The molecule has 1 fully saturated rings. The lowest BCUT2D eigenvalue weighted by atomic mass is 9.91. The van der Waals surface area contributed by atoms with Crippen LogP contribution in [0.15, 0.2) is 6.20 Å². The number of aryl methyl sites for hydroxylation is 1. The van der Waals surface area contributed by atoms with Crippen LogP contribution in [-0.2, 0) is 18.2 Å². The number of hydrogen-bond acceptors (Lipinski definition) is 5. The molecule has 0 aromatic carbocycles. The van der Waals surface area contributed by atoms with Gasteiger partial charge in [-0.2, -0.15) is 0 Å². The summed E-state index contributed by atoms with van der Waals surface area (Å²) in [6, 6.07) is 0. The topological polar surface area (TPSA) is 63.4 Å². The smallest absolute Gasteiger partial charge is 0.0853 e. The van der Waals surface area contributed by atoms with E-state index in [0.29, 0.717) is 6.42 Å². The summed E-state index contributed by atoms with van der Waals surface area (Å²) in [5.41, 5.74) is 0.549. The normalized spacial score (nSPS) is 20.0. The van der Waals surface area contributed by atoms with E-state index in [4.69, 9.17) is 4.74 Å². The van der Waals surface area contributed by atoms with Gasteiger partial charge in [-0.15, -0.1) is 5.10 Å². The lowest BCUT2D eigenvalue weighted by Gasteiger charge is -2.43. The van der Waals surface area contributed by atoms with Crippen molar-refractivity contribution in [2.24, 2.45) is 7.05 Å². The van der Waals surface area contributed by atoms with Crippen LogP contribution in [0.3, 0.4) is 0 Å². The van der Waals surface area contributed by atoms with Crippen LogP contribution in [0.2, 0.25) is 0 Å². The highest BCUT2D eigenvalue weighted by molar-refractivity contribution is 5.00. The maximum absolute atomic E-state index is 10.4. The fourth-order valence-corrected chi connectivity index (χ4v) is 2.29. The molecule has 0 saturated carbocycles. The fraction of sp³-hybridized carbons (Fsp3) is 0.833. The van der Waals surface area contributed by atoms with E-state index in [0.717, 1.165) is 32.0 Å². The third-order valence-corrected chi connectivity index (χ3v) is 3.69. The van der Waals surface area contributed by atoms with Crippen LogP contribution in [0.1, 0.15) is 19.5 Å². The number of morpholine rings is 1. The Labute approximate surface area is 108 Å². The highest BCUT2D eigenvalue weighted by Gasteiger charge is 2.35. The molecule has 102 valence electrons. The molecule has 18 heavy (non-hydrogen) atoms. The van der Waals surface area contributed by atoms with Gasteiger partial charge in [-0.1, -0.05) is 5.21 Å². The average Bonchev–Trinajstić information content (AvgIpc) is 2.76. The predicted octanol–water partition coefficient (Wildman–Crippen LogP) is -0.171. The van der Waals surface area contributed by atoms with Crippen LogP contribution in [0.25, 0.3) is 0 Å². The summed E-state index contributed by atoms with van der Waals surface area (Å²) in [5, 5.41) is 18.3. The van der Waals surface area contributed by atoms with Gasteiger partial charge in [-0.05, 0) is 13.8 Å². The summed E-state index contributed by atoms with van der Waals surface area (Å²) in [6.45, 7) is 7.34. The number of aliphatic hydroxyl groups excluding tert-OH is 1. The van der Waals surface area contributed by atoms with E-state index in [9.17, 15) is 5.11 Å². The molecule has 0 spiro atoms. The first-order valence-corrected chi connectivity index (χ1v) is 6.36. The third kappa shape index (κ3) is 2.88. The van der Waals surface area contributed by atoms with Gasteiger partial charge in [-0.25, -0.2) is 0 Å². The van der Waals surface area contributed by atoms with Crippen molar-refractivity contribution in [1.82, 2.24) is 19.9 Å². The highest BCUT2D eigenvalue weighted by atomic mass is 16.5. The molecule has 0 radical (unpaired) electrons. The monoisotopic (exact) mass is 254 g/mol. The number of hydrogen-bond donors (Lipinski definition) is 1. The van der Waals surface area contributed by atoms with Crippen molar-refractivity contribution >= 4 is 0 Å². The molecular weight excluding hydrogens is 232 g/mol. The molecule has 1 saturated heterocycles. The van der Waals surface area contributed by atoms with E-state index in [1.54, 1.807) is 4.68 Å². The van der Waals surface area contributed by atoms with Crippen LogP contribution in [0.5, 0.6) is 0 Å². The fourth-order valence-electron chi connectivity index (χ4n) is 2.29. The highest BCUT2D eigenvalue weighted by Crippen LogP contribution is 2.22. The minimum absolute atomic E-state index is 0.276. The van der Waals surface area contributed by atoms with Gasteiger partial charge >= 0.3 is 0 Å². The Kier molecular flexibility index (Phi) is 3.99. The van der Waals surface area contributed by atoms with Gasteiger partial charge in [0.25, 0.3) is 0 Å². The molecule has 6 nitrogen and oxygen atoms in total. The number of rotatable bonds is 4. The Morgan fingerprint density at radius 2 is 2.11 bits per heavy atom. The summed E-state index contributed by atoms with van der Waals surface area (Å²) >= 11 is 0. The summed E-state index contributed by atoms with van der Waals surface area (Å²) in [5.74, 6) is 0. The summed E-state index contributed by atoms with van der Waals surface area (Å²) < 4.78 is 7.00. The largest absolute Gasteiger partial charge is 0.391 e. The van der Waals surface area contributed by atoms with Gasteiger partial charge in [0.2, 0.25) is 0 Å². The zero-order valence-electron chi connectivity index (χ0n) is 11.3. The van der Waals surface area contributed by atoms with Crippen molar-refractivity contribution in [2.75, 3.05) is 26.3 Å². The number of aliphatic hydroxyl groups is 1. The van der Waals surface area contributed by atoms with E-state index >= 15 is 0 Å². The van der Waals surface area contributed by atoms with Crippen molar-refractivity contribution in [3.05, 3.63) is 11.9 Å². The summed E-state index contributed by atoms with van der Waals surface area (Å²) in [7, 11) is 1.83. The third-order valence-electron chi connectivity index (χ3n) is 3.69. The molecule has 1 unspecified atom stereocenters. The summed E-state index contributed by atoms with van der Waals surface area (Å²) in [6.07, 6.45) is 1.91. The van der Waals surface area contributed by atoms with Gasteiger partial charge in [0.1, 0.15) is 0 Å². The van der Waals surface area contributed by atoms with Gasteiger partial charge in [0.15, 0.2) is 0 Å². The molecule has 1 atom stereocenters. The van der Waals surface area contributed by atoms with Crippen molar-refractivity contribution in [3.8, 4) is 0 Å². The molecule has 2 heterocycles. The lowest BCUT2D eigenvalue weighted by molar-refractivity contribution is -0.0614. The molecule has 1 aliphatic heterocycles. The predicted molar refractivity (Wildman–Crippen MR) is 67.2 cm³/mol. The quantitative estimate of drug-likeness (QED) is 0.808. The zero-order chi connectivity index (χ0) is 13.2. The molecule has 1 aromatic heterocycles. The number of ether oxygens (including phenoxy) is 1. The Morgan fingerprint density at radius 1 is 1.44 bits per heavy atom. The minimum atomic E-state index is -0.465. The first-order valence-electron chi connectivity index (χ1n) is 6.36. The lowest BCUT2D eigenvalue weighted by Crippen LogP contribution is -2.56. The van der Waals surface area contributed by atoms with Gasteiger partial charge in [0, 0.05) is 38.3 Å². The first-order chi connectivity index (χ1) is 8.50.